The number of carbonyl (C=O) groups is 1. The largest absolute Gasteiger partial charge is 0.491 e. The molecular weight excluding hydrogens is 409 g/mol. The number of quaternary nitrogens is 1. The number of amidine groups is 1. The number of ether oxygens (including phenoxy) is 1. The molecule has 0 saturated carbocycles. The SMILES string of the molecule is CC1=CN(F)C[NH+]2C=C(C[C@@H]3CCCCN3C(=O)c3nc(C)ccc3OCC(C)C)N=C12. The molecule has 1 fully saturated rings. The van der Waals surface area contributed by atoms with E-state index in [1.165, 1.54) is 6.20 Å². The van der Waals surface area contributed by atoms with Gasteiger partial charge in [0.05, 0.1) is 6.61 Å². The summed E-state index contributed by atoms with van der Waals surface area (Å²) in [4.78, 5) is 25.8. The highest BCUT2D eigenvalue weighted by molar-refractivity contribution is 5.95. The second kappa shape index (κ2) is 9.40. The lowest BCUT2D eigenvalue weighted by Gasteiger charge is -2.35. The highest BCUT2D eigenvalue weighted by atomic mass is 19.2. The second-order valence-corrected chi connectivity index (χ2v) is 9.35. The number of aryl methyl sites for hydroxylation is 1. The molecule has 1 saturated heterocycles. The van der Waals surface area contributed by atoms with Crippen LogP contribution in [0.25, 0.3) is 0 Å². The average Bonchev–Trinajstić information content (AvgIpc) is 3.15. The van der Waals surface area contributed by atoms with Crippen molar-refractivity contribution in [2.24, 2.45) is 10.9 Å². The Morgan fingerprint density at radius 1 is 1.31 bits per heavy atom. The van der Waals surface area contributed by atoms with E-state index in [9.17, 15) is 9.28 Å². The minimum atomic E-state index is -0.0838. The van der Waals surface area contributed by atoms with Crippen LogP contribution < -0.4 is 9.64 Å². The first kappa shape index (κ1) is 22.5. The summed E-state index contributed by atoms with van der Waals surface area (Å²) in [6.45, 7) is 9.37. The van der Waals surface area contributed by atoms with Crippen LogP contribution in [0.1, 0.15) is 62.6 Å². The quantitative estimate of drug-likeness (QED) is 0.688. The molecule has 0 aromatic carbocycles. The molecule has 4 rings (SSSR count). The molecule has 1 amide bonds. The summed E-state index contributed by atoms with van der Waals surface area (Å²) < 4.78 is 19.7. The highest BCUT2D eigenvalue weighted by Crippen LogP contribution is 2.28. The van der Waals surface area contributed by atoms with Crippen LogP contribution in [0.5, 0.6) is 5.75 Å². The van der Waals surface area contributed by atoms with E-state index in [2.05, 4.69) is 18.8 Å². The van der Waals surface area contributed by atoms with Crippen LogP contribution in [0, 0.1) is 12.8 Å². The molecule has 0 aliphatic carbocycles. The number of aromatic nitrogens is 1. The predicted octanol–water partition coefficient (Wildman–Crippen LogP) is 3.01. The fraction of sp³-hybridized carbons (Fsp3) is 0.542. The number of nitrogens with zero attached hydrogens (tertiary/aromatic N) is 4. The Balaban J connectivity index is 1.54. The zero-order valence-corrected chi connectivity index (χ0v) is 19.4. The van der Waals surface area contributed by atoms with Crippen LogP contribution in [-0.2, 0) is 0 Å². The van der Waals surface area contributed by atoms with Crippen LogP contribution in [-0.4, -0.2) is 52.6 Å². The standard InChI is InChI=1S/C24H32FN5O2/c1-16(2)14-32-21-9-8-18(4)26-22(21)24(31)30-10-6-5-7-20(30)11-19-13-28-15-29(25)12-17(3)23(28)27-19/h8-9,12-13,16,20H,5-7,10-11,14-15H2,1-4H3/p+1/t20-/m0/s1. The zero-order valence-electron chi connectivity index (χ0n) is 19.4. The summed E-state index contributed by atoms with van der Waals surface area (Å²) in [5.74, 6) is 1.69. The lowest BCUT2D eigenvalue weighted by molar-refractivity contribution is -0.764. The Morgan fingerprint density at radius 3 is 2.91 bits per heavy atom. The first-order chi connectivity index (χ1) is 15.3. The van der Waals surface area contributed by atoms with E-state index in [1.807, 2.05) is 37.1 Å². The van der Waals surface area contributed by atoms with Crippen molar-refractivity contribution in [1.29, 1.82) is 0 Å². The van der Waals surface area contributed by atoms with E-state index in [1.54, 1.807) is 0 Å². The molecule has 1 aromatic rings. The van der Waals surface area contributed by atoms with Crippen molar-refractivity contribution in [3.8, 4) is 5.75 Å². The van der Waals surface area contributed by atoms with E-state index < -0.39 is 0 Å². The van der Waals surface area contributed by atoms with Crippen molar-refractivity contribution in [1.82, 2.24) is 15.0 Å². The van der Waals surface area contributed by atoms with Gasteiger partial charge in [-0.2, -0.15) is 10.1 Å². The summed E-state index contributed by atoms with van der Waals surface area (Å²) in [5.41, 5.74) is 2.92. The van der Waals surface area contributed by atoms with E-state index in [4.69, 9.17) is 9.73 Å². The molecule has 1 aromatic heterocycles. The molecule has 0 spiro atoms. The van der Waals surface area contributed by atoms with Gasteiger partial charge in [-0.3, -0.25) is 4.79 Å². The number of piperidine rings is 1. The topological polar surface area (TPSA) is 62.5 Å². The Kier molecular flexibility index (Phi) is 6.60. The monoisotopic (exact) mass is 442 g/mol. The third-order valence-corrected chi connectivity index (χ3v) is 6.03. The van der Waals surface area contributed by atoms with Crippen molar-refractivity contribution < 1.29 is 18.9 Å². The smallest absolute Gasteiger partial charge is 0.276 e. The lowest BCUT2D eigenvalue weighted by Crippen LogP contribution is -3.11. The molecule has 8 heteroatoms. The summed E-state index contributed by atoms with van der Waals surface area (Å²) in [6.07, 6.45) is 7.09. The van der Waals surface area contributed by atoms with E-state index in [0.29, 0.717) is 42.1 Å². The fourth-order valence-corrected chi connectivity index (χ4v) is 4.49. The predicted molar refractivity (Wildman–Crippen MR) is 121 cm³/mol. The van der Waals surface area contributed by atoms with Crippen molar-refractivity contribution in [2.75, 3.05) is 19.8 Å². The highest BCUT2D eigenvalue weighted by Gasteiger charge is 2.35. The average molecular weight is 443 g/mol. The molecule has 0 bridgehead atoms. The Labute approximate surface area is 189 Å². The normalized spacial score (nSPS) is 23.0. The number of hydrogen-bond acceptors (Lipinski definition) is 5. The molecular formula is C24H33FN5O2+. The third kappa shape index (κ3) is 4.85. The summed E-state index contributed by atoms with van der Waals surface area (Å²) in [6, 6.07) is 3.77. The van der Waals surface area contributed by atoms with Gasteiger partial charge in [0.1, 0.15) is 11.9 Å². The van der Waals surface area contributed by atoms with Gasteiger partial charge in [-0.1, -0.05) is 18.3 Å². The molecule has 3 aliphatic heterocycles. The fourth-order valence-electron chi connectivity index (χ4n) is 4.49. The number of hydrogen-bond donors (Lipinski definition) is 1. The van der Waals surface area contributed by atoms with Gasteiger partial charge in [-0.25, -0.2) is 9.88 Å². The number of halogens is 1. The Bertz CT molecular complexity index is 971. The number of nitrogens with one attached hydrogen (secondary N) is 1. The van der Waals surface area contributed by atoms with Crippen LogP contribution in [0.4, 0.5) is 4.48 Å². The molecule has 3 aliphatic rings. The number of amides is 1. The Hall–Kier alpha value is -2.74. The van der Waals surface area contributed by atoms with Gasteiger partial charge < -0.3 is 9.64 Å². The maximum absolute atomic E-state index is 13.8. The van der Waals surface area contributed by atoms with Gasteiger partial charge in [0, 0.05) is 36.5 Å². The van der Waals surface area contributed by atoms with Crippen LogP contribution in [0.3, 0.4) is 0 Å². The van der Waals surface area contributed by atoms with Crippen molar-refractivity contribution >= 4 is 11.7 Å². The summed E-state index contributed by atoms with van der Waals surface area (Å²) in [7, 11) is 0. The van der Waals surface area contributed by atoms with Gasteiger partial charge in [-0.05, 0) is 51.2 Å². The van der Waals surface area contributed by atoms with Gasteiger partial charge in [-0.15, -0.1) is 0 Å². The molecule has 32 heavy (non-hydrogen) atoms. The zero-order chi connectivity index (χ0) is 22.8. The molecule has 4 heterocycles. The molecule has 172 valence electrons. The van der Waals surface area contributed by atoms with Gasteiger partial charge >= 0.3 is 0 Å². The molecule has 1 N–H and O–H groups in total. The minimum Gasteiger partial charge on any atom is -0.491 e. The first-order valence-electron chi connectivity index (χ1n) is 11.5. The number of fused-ring (bicyclic) bond motifs is 1. The molecule has 1 unspecified atom stereocenters. The third-order valence-electron chi connectivity index (χ3n) is 6.03. The number of pyridine rings is 1. The van der Waals surface area contributed by atoms with Crippen molar-refractivity contribution in [2.45, 2.75) is 59.4 Å². The molecule has 0 radical (unpaired) electrons. The van der Waals surface area contributed by atoms with Gasteiger partial charge in [0.2, 0.25) is 5.84 Å². The number of rotatable bonds is 6. The van der Waals surface area contributed by atoms with E-state index in [0.717, 1.165) is 47.0 Å². The van der Waals surface area contributed by atoms with E-state index in [-0.39, 0.29) is 18.6 Å². The maximum atomic E-state index is 13.8. The Morgan fingerprint density at radius 2 is 2.12 bits per heavy atom. The van der Waals surface area contributed by atoms with Crippen LogP contribution in [0.15, 0.2) is 40.8 Å². The molecule has 2 atom stereocenters. The van der Waals surface area contributed by atoms with Crippen LogP contribution >= 0.6 is 0 Å². The van der Waals surface area contributed by atoms with Gasteiger partial charge in [0.15, 0.2) is 18.1 Å². The van der Waals surface area contributed by atoms with Gasteiger partial charge in [0.25, 0.3) is 5.91 Å². The number of aliphatic imine (C=N–C) groups is 1. The first-order valence-corrected chi connectivity index (χ1v) is 11.5. The van der Waals surface area contributed by atoms with E-state index >= 15 is 0 Å². The summed E-state index contributed by atoms with van der Waals surface area (Å²) in [5, 5.41) is 0.696. The number of likely N-dealkylation sites (tertiary alicyclic amines) is 1. The maximum Gasteiger partial charge on any atom is 0.276 e. The number of carbonyl (C=O) groups excluding carboxylic acids is 1. The minimum absolute atomic E-state index is 0.0404. The molecule has 7 nitrogen and oxygen atoms in total. The van der Waals surface area contributed by atoms with Crippen LogP contribution in [0.2, 0.25) is 0 Å². The van der Waals surface area contributed by atoms with Crippen molar-refractivity contribution in [3.05, 3.63) is 47.2 Å². The summed E-state index contributed by atoms with van der Waals surface area (Å²) >= 11 is 0. The lowest BCUT2D eigenvalue weighted by atomic mass is 9.97. The van der Waals surface area contributed by atoms with Crippen molar-refractivity contribution in [3.63, 3.8) is 0 Å². The second-order valence-electron chi connectivity index (χ2n) is 9.35.